The summed E-state index contributed by atoms with van der Waals surface area (Å²) >= 11 is 1.45. The number of nitrogens with one attached hydrogen (secondary N) is 1. The highest BCUT2D eigenvalue weighted by molar-refractivity contribution is 8.01. The Labute approximate surface area is 103 Å². The van der Waals surface area contributed by atoms with Gasteiger partial charge in [0.25, 0.3) is 5.91 Å². The Morgan fingerprint density at radius 3 is 3.12 bits per heavy atom. The number of fused-ring (bicyclic) bond motifs is 1. The maximum absolute atomic E-state index is 11.6. The van der Waals surface area contributed by atoms with E-state index in [1.165, 1.54) is 18.7 Å². The zero-order valence-electron chi connectivity index (χ0n) is 9.54. The number of carbonyl (C=O) groups is 2. The third kappa shape index (κ3) is 2.28. The lowest BCUT2D eigenvalue weighted by molar-refractivity contribution is -0.125. The van der Waals surface area contributed by atoms with Crippen LogP contribution in [0.4, 0.5) is 0 Å². The van der Waals surface area contributed by atoms with Crippen molar-refractivity contribution in [2.24, 2.45) is 5.16 Å². The summed E-state index contributed by atoms with van der Waals surface area (Å²) in [6, 6.07) is 0. The molecule has 0 aliphatic carbocycles. The molecular weight excluding hydrogens is 242 g/mol. The van der Waals surface area contributed by atoms with E-state index in [2.05, 4.69) is 10.5 Å². The van der Waals surface area contributed by atoms with Crippen molar-refractivity contribution < 1.29 is 14.4 Å². The molecule has 2 aliphatic rings. The van der Waals surface area contributed by atoms with E-state index in [0.29, 0.717) is 12.3 Å². The fraction of sp³-hybridized carbons (Fsp3) is 0.500. The van der Waals surface area contributed by atoms with Gasteiger partial charge < -0.3 is 10.2 Å². The van der Waals surface area contributed by atoms with E-state index in [-0.39, 0.29) is 22.6 Å². The van der Waals surface area contributed by atoms with E-state index in [9.17, 15) is 9.59 Å². The van der Waals surface area contributed by atoms with Crippen molar-refractivity contribution in [3.05, 3.63) is 12.3 Å². The fourth-order valence-electron chi connectivity index (χ4n) is 1.54. The number of oxime groups is 1. The number of hydrogen-bond donors (Lipinski definition) is 1. The van der Waals surface area contributed by atoms with E-state index in [4.69, 9.17) is 4.84 Å². The second kappa shape index (κ2) is 4.79. The van der Waals surface area contributed by atoms with Crippen LogP contribution in [0.1, 0.15) is 13.8 Å². The molecule has 1 saturated heterocycles. The lowest BCUT2D eigenvalue weighted by Gasteiger charge is -2.41. The first kappa shape index (κ1) is 12.0. The van der Waals surface area contributed by atoms with Gasteiger partial charge in [-0.25, -0.2) is 0 Å². The normalized spacial score (nSPS) is 28.7. The Morgan fingerprint density at radius 2 is 2.47 bits per heavy atom. The third-order valence-corrected chi connectivity index (χ3v) is 3.55. The molecule has 0 aromatic carbocycles. The fourth-order valence-corrected chi connectivity index (χ4v) is 2.78. The number of rotatable bonds is 3. The standard InChI is InChI=1S/C10H13N3O3S/c1-3-16-12-8-9(15)13-5-4-7(11-6(2)14)17-10(8)13/h4-5,7,10H,3H2,1-2H3,(H,11,14)/t7?,10-/m1/s1. The second-order valence-electron chi connectivity index (χ2n) is 3.56. The summed E-state index contributed by atoms with van der Waals surface area (Å²) in [4.78, 5) is 29.0. The molecular formula is C10H13N3O3S. The Bertz CT molecular complexity index is 408. The molecule has 2 rings (SSSR count). The Morgan fingerprint density at radius 1 is 1.71 bits per heavy atom. The van der Waals surface area contributed by atoms with Gasteiger partial charge in [-0.05, 0) is 13.0 Å². The van der Waals surface area contributed by atoms with Crippen LogP contribution in [0.2, 0.25) is 0 Å². The van der Waals surface area contributed by atoms with Crippen molar-refractivity contribution in [2.75, 3.05) is 6.61 Å². The first-order valence-corrected chi connectivity index (χ1v) is 6.21. The molecule has 0 spiro atoms. The summed E-state index contributed by atoms with van der Waals surface area (Å²) in [5, 5.41) is 6.26. The van der Waals surface area contributed by atoms with Crippen LogP contribution in [-0.4, -0.2) is 39.8 Å². The van der Waals surface area contributed by atoms with E-state index in [0.717, 1.165) is 0 Å². The third-order valence-electron chi connectivity index (χ3n) is 2.27. The molecule has 0 aromatic rings. The van der Waals surface area contributed by atoms with E-state index >= 15 is 0 Å². The summed E-state index contributed by atoms with van der Waals surface area (Å²) in [5.41, 5.74) is 0.400. The molecule has 0 bridgehead atoms. The van der Waals surface area contributed by atoms with E-state index < -0.39 is 0 Å². The Balaban J connectivity index is 2.04. The van der Waals surface area contributed by atoms with Crippen LogP contribution in [0, 0.1) is 0 Å². The monoisotopic (exact) mass is 255 g/mol. The molecule has 0 radical (unpaired) electrons. The molecule has 2 heterocycles. The molecule has 1 unspecified atom stereocenters. The molecule has 0 saturated carbocycles. The van der Waals surface area contributed by atoms with Gasteiger partial charge >= 0.3 is 0 Å². The molecule has 92 valence electrons. The van der Waals surface area contributed by atoms with E-state index in [1.807, 2.05) is 0 Å². The minimum absolute atomic E-state index is 0.102. The van der Waals surface area contributed by atoms with Crippen LogP contribution in [0.25, 0.3) is 0 Å². The van der Waals surface area contributed by atoms with Gasteiger partial charge in [-0.2, -0.15) is 0 Å². The highest BCUT2D eigenvalue weighted by Gasteiger charge is 2.47. The minimum atomic E-state index is -0.157. The van der Waals surface area contributed by atoms with Crippen molar-refractivity contribution in [3.63, 3.8) is 0 Å². The largest absolute Gasteiger partial charge is 0.396 e. The number of thioether (sulfide) groups is 1. The summed E-state index contributed by atoms with van der Waals surface area (Å²) < 4.78 is 0. The van der Waals surface area contributed by atoms with Crippen molar-refractivity contribution in [1.29, 1.82) is 0 Å². The Hall–Kier alpha value is -1.50. The zero-order valence-corrected chi connectivity index (χ0v) is 10.4. The molecule has 2 aliphatic heterocycles. The maximum Gasteiger partial charge on any atom is 0.280 e. The molecule has 2 atom stereocenters. The lowest BCUT2D eigenvalue weighted by Crippen LogP contribution is -2.60. The van der Waals surface area contributed by atoms with Crippen molar-refractivity contribution >= 4 is 29.3 Å². The average molecular weight is 255 g/mol. The molecule has 7 heteroatoms. The summed E-state index contributed by atoms with van der Waals surface area (Å²) in [7, 11) is 0. The molecule has 6 nitrogen and oxygen atoms in total. The van der Waals surface area contributed by atoms with Crippen molar-refractivity contribution in [1.82, 2.24) is 10.2 Å². The van der Waals surface area contributed by atoms with Crippen LogP contribution in [0.3, 0.4) is 0 Å². The maximum atomic E-state index is 11.6. The van der Waals surface area contributed by atoms with Crippen LogP contribution in [0.5, 0.6) is 0 Å². The SMILES string of the molecule is CCON=C1C(=O)N2C=CC(NC(C)=O)S[C@H]12. The summed E-state index contributed by atoms with van der Waals surface area (Å²) in [5.74, 6) is -0.247. The molecule has 1 N–H and O–H groups in total. The van der Waals surface area contributed by atoms with Gasteiger partial charge in [0.05, 0.1) is 5.37 Å². The zero-order chi connectivity index (χ0) is 12.4. The predicted molar refractivity (Wildman–Crippen MR) is 64.0 cm³/mol. The Kier molecular flexibility index (Phi) is 3.37. The highest BCUT2D eigenvalue weighted by Crippen LogP contribution is 2.34. The van der Waals surface area contributed by atoms with Gasteiger partial charge in [0.15, 0.2) is 5.71 Å². The quantitative estimate of drug-likeness (QED) is 0.580. The van der Waals surface area contributed by atoms with Gasteiger partial charge in [-0.15, -0.1) is 11.8 Å². The van der Waals surface area contributed by atoms with Crippen molar-refractivity contribution in [3.8, 4) is 0 Å². The number of amides is 2. The topological polar surface area (TPSA) is 71.0 Å². The van der Waals surface area contributed by atoms with E-state index in [1.54, 1.807) is 24.1 Å². The summed E-state index contributed by atoms with van der Waals surface area (Å²) in [6.45, 7) is 3.69. The first-order valence-electron chi connectivity index (χ1n) is 5.27. The molecule has 1 fully saturated rings. The first-order chi connectivity index (χ1) is 8.13. The van der Waals surface area contributed by atoms with Crippen LogP contribution in [-0.2, 0) is 14.4 Å². The highest BCUT2D eigenvalue weighted by atomic mass is 32.2. The lowest BCUT2D eigenvalue weighted by atomic mass is 10.1. The van der Waals surface area contributed by atoms with Gasteiger partial charge in [0.1, 0.15) is 12.0 Å². The predicted octanol–water partition coefficient (Wildman–Crippen LogP) is 0.270. The number of carbonyl (C=O) groups excluding carboxylic acids is 2. The minimum Gasteiger partial charge on any atom is -0.396 e. The van der Waals surface area contributed by atoms with Gasteiger partial charge in [-0.1, -0.05) is 5.16 Å². The van der Waals surface area contributed by atoms with Gasteiger partial charge in [-0.3, -0.25) is 14.5 Å². The molecule has 0 aromatic heterocycles. The van der Waals surface area contributed by atoms with Crippen LogP contribution >= 0.6 is 11.8 Å². The molecule has 2 amide bonds. The molecule has 17 heavy (non-hydrogen) atoms. The van der Waals surface area contributed by atoms with Crippen LogP contribution < -0.4 is 5.32 Å². The number of β-lactam (4-membered cyclic amide) rings is 1. The smallest absolute Gasteiger partial charge is 0.280 e. The average Bonchev–Trinajstić information content (AvgIpc) is 2.28. The van der Waals surface area contributed by atoms with Gasteiger partial charge in [0.2, 0.25) is 5.91 Å². The van der Waals surface area contributed by atoms with Crippen molar-refractivity contribution in [2.45, 2.75) is 24.6 Å². The number of nitrogens with zero attached hydrogens (tertiary/aromatic N) is 2. The van der Waals surface area contributed by atoms with Gasteiger partial charge in [0, 0.05) is 13.1 Å². The second-order valence-corrected chi connectivity index (χ2v) is 4.78. The summed E-state index contributed by atoms with van der Waals surface area (Å²) in [6.07, 6.45) is 3.45. The van der Waals surface area contributed by atoms with Crippen LogP contribution in [0.15, 0.2) is 17.4 Å². The number of hydrogen-bond acceptors (Lipinski definition) is 5.